The maximum atomic E-state index is 4.70. The molecule has 0 N–H and O–H groups in total. The normalized spacial score (nSPS) is 11.1. The highest BCUT2D eigenvalue weighted by molar-refractivity contribution is 8.00. The lowest BCUT2D eigenvalue weighted by atomic mass is 10.0. The molecule has 0 saturated carbocycles. The van der Waals surface area contributed by atoms with Crippen LogP contribution in [0.2, 0.25) is 0 Å². The first-order chi connectivity index (χ1) is 9.31. The highest BCUT2D eigenvalue weighted by atomic mass is 32.2. The van der Waals surface area contributed by atoms with E-state index in [1.807, 2.05) is 30.8 Å². The lowest BCUT2D eigenvalue weighted by molar-refractivity contribution is 1.05. The number of nitrogens with zero attached hydrogens (tertiary/aromatic N) is 3. The van der Waals surface area contributed by atoms with E-state index in [4.69, 9.17) is 4.98 Å². The molecule has 3 aromatic heterocycles. The van der Waals surface area contributed by atoms with Gasteiger partial charge >= 0.3 is 0 Å². The molecule has 19 heavy (non-hydrogen) atoms. The minimum Gasteiger partial charge on any atom is -0.265 e. The second-order valence-corrected chi connectivity index (χ2v) is 6.16. The molecule has 0 atom stereocenters. The van der Waals surface area contributed by atoms with Gasteiger partial charge in [0.05, 0.1) is 10.4 Å². The molecule has 3 rings (SSSR count). The monoisotopic (exact) mass is 287 g/mol. The molecule has 0 aromatic carbocycles. The van der Waals surface area contributed by atoms with Gasteiger partial charge in [0, 0.05) is 18.0 Å². The van der Waals surface area contributed by atoms with E-state index >= 15 is 0 Å². The smallest absolute Gasteiger partial charge is 0.171 e. The Morgan fingerprint density at radius 2 is 2.00 bits per heavy atom. The Bertz CT molecular complexity index is 707. The molecule has 0 aliphatic carbocycles. The summed E-state index contributed by atoms with van der Waals surface area (Å²) in [5, 5.41) is 0. The lowest BCUT2D eigenvalue weighted by Crippen LogP contribution is -1.93. The van der Waals surface area contributed by atoms with Crippen molar-refractivity contribution in [2.24, 2.45) is 0 Å². The lowest BCUT2D eigenvalue weighted by Gasteiger charge is -2.06. The van der Waals surface area contributed by atoms with Crippen LogP contribution in [-0.2, 0) is 6.42 Å². The van der Waals surface area contributed by atoms with Crippen molar-refractivity contribution in [1.82, 2.24) is 15.0 Å². The highest BCUT2D eigenvalue weighted by Gasteiger charge is 2.11. The zero-order valence-corrected chi connectivity index (χ0v) is 12.4. The zero-order valence-electron chi connectivity index (χ0n) is 10.8. The van der Waals surface area contributed by atoms with E-state index in [1.54, 1.807) is 23.1 Å². The summed E-state index contributed by atoms with van der Waals surface area (Å²) in [5.41, 5.74) is 4.31. The maximum Gasteiger partial charge on any atom is 0.171 e. The van der Waals surface area contributed by atoms with Gasteiger partial charge in [-0.1, -0.05) is 18.7 Å². The van der Waals surface area contributed by atoms with E-state index < -0.39 is 0 Å². The van der Waals surface area contributed by atoms with Crippen molar-refractivity contribution in [2.45, 2.75) is 17.7 Å². The number of thiazole rings is 1. The third-order valence-electron chi connectivity index (χ3n) is 2.94. The number of aromatic nitrogens is 3. The van der Waals surface area contributed by atoms with E-state index in [-0.39, 0.29) is 0 Å². The van der Waals surface area contributed by atoms with Gasteiger partial charge in [0.1, 0.15) is 0 Å². The second-order valence-electron chi connectivity index (χ2n) is 4.08. The Hall–Kier alpha value is -1.46. The van der Waals surface area contributed by atoms with E-state index in [0.717, 1.165) is 26.8 Å². The number of fused-ring (bicyclic) bond motifs is 1. The molecule has 0 amide bonds. The van der Waals surface area contributed by atoms with Gasteiger partial charge in [-0.3, -0.25) is 4.98 Å². The summed E-state index contributed by atoms with van der Waals surface area (Å²) in [5.74, 6) is 0. The molecule has 0 aliphatic rings. The van der Waals surface area contributed by atoms with Crippen LogP contribution in [0.25, 0.3) is 21.5 Å². The standard InChI is InChI=1S/C14H13N3S2/c1-3-11-10(9-4-6-15-7-5-9)8-12-13(16-11)17-14(18-2)19-12/h4-8H,3H2,1-2H3. The molecule has 0 aliphatic heterocycles. The van der Waals surface area contributed by atoms with Crippen molar-refractivity contribution < 1.29 is 0 Å². The predicted molar refractivity (Wildman–Crippen MR) is 81.8 cm³/mol. The maximum absolute atomic E-state index is 4.70. The van der Waals surface area contributed by atoms with E-state index in [9.17, 15) is 0 Å². The molecule has 3 heterocycles. The van der Waals surface area contributed by atoms with Crippen molar-refractivity contribution >= 4 is 33.4 Å². The van der Waals surface area contributed by atoms with Gasteiger partial charge in [-0.25, -0.2) is 9.97 Å². The van der Waals surface area contributed by atoms with Crippen molar-refractivity contribution in [2.75, 3.05) is 6.26 Å². The van der Waals surface area contributed by atoms with Crippen LogP contribution in [0.5, 0.6) is 0 Å². The average molecular weight is 287 g/mol. The number of pyridine rings is 2. The SMILES string of the molecule is CCc1nc2nc(SC)sc2cc1-c1ccncc1. The van der Waals surface area contributed by atoms with Gasteiger partial charge < -0.3 is 0 Å². The van der Waals surface area contributed by atoms with Gasteiger partial charge in [0.2, 0.25) is 0 Å². The molecule has 3 nitrogen and oxygen atoms in total. The highest BCUT2D eigenvalue weighted by Crippen LogP contribution is 2.32. The largest absolute Gasteiger partial charge is 0.265 e. The van der Waals surface area contributed by atoms with Gasteiger partial charge in [-0.15, -0.1) is 11.3 Å². The molecule has 0 fully saturated rings. The van der Waals surface area contributed by atoms with Crippen molar-refractivity contribution in [1.29, 1.82) is 0 Å². The van der Waals surface area contributed by atoms with Gasteiger partial charge in [0.15, 0.2) is 9.99 Å². The average Bonchev–Trinajstić information content (AvgIpc) is 2.88. The first-order valence-corrected chi connectivity index (χ1v) is 8.10. The Balaban J connectivity index is 2.22. The van der Waals surface area contributed by atoms with Crippen LogP contribution in [0.3, 0.4) is 0 Å². The fourth-order valence-corrected chi connectivity index (χ4v) is 3.48. The zero-order chi connectivity index (χ0) is 13.2. The summed E-state index contributed by atoms with van der Waals surface area (Å²) in [6.07, 6.45) is 6.58. The van der Waals surface area contributed by atoms with Gasteiger partial charge in [0.25, 0.3) is 0 Å². The summed E-state index contributed by atoms with van der Waals surface area (Å²) in [6.45, 7) is 2.13. The summed E-state index contributed by atoms with van der Waals surface area (Å²) < 4.78 is 2.21. The molecular formula is C14H13N3S2. The molecule has 0 bridgehead atoms. The molecule has 0 unspecified atom stereocenters. The van der Waals surface area contributed by atoms with Crippen LogP contribution in [0.1, 0.15) is 12.6 Å². The minimum absolute atomic E-state index is 0.865. The summed E-state index contributed by atoms with van der Waals surface area (Å²) in [4.78, 5) is 13.3. The molecule has 0 saturated heterocycles. The summed E-state index contributed by atoms with van der Waals surface area (Å²) >= 11 is 3.37. The van der Waals surface area contributed by atoms with Crippen LogP contribution in [0.4, 0.5) is 0 Å². The number of rotatable bonds is 3. The van der Waals surface area contributed by atoms with Crippen LogP contribution < -0.4 is 0 Å². The Kier molecular flexibility index (Phi) is 3.48. The molecule has 96 valence electrons. The predicted octanol–water partition coefficient (Wildman–Crippen LogP) is 4.04. The van der Waals surface area contributed by atoms with Crippen LogP contribution in [0, 0.1) is 0 Å². The molecule has 0 spiro atoms. The number of thioether (sulfide) groups is 1. The van der Waals surface area contributed by atoms with Gasteiger partial charge in [-0.05, 0) is 36.4 Å². The van der Waals surface area contributed by atoms with Crippen molar-refractivity contribution in [3.63, 3.8) is 0 Å². The fourth-order valence-electron chi connectivity index (χ4n) is 2.02. The first kappa shape index (κ1) is 12.6. The Morgan fingerprint density at radius 1 is 1.21 bits per heavy atom. The molecule has 5 heteroatoms. The number of hydrogen-bond donors (Lipinski definition) is 0. The Morgan fingerprint density at radius 3 is 2.68 bits per heavy atom. The van der Waals surface area contributed by atoms with E-state index in [2.05, 4.69) is 23.0 Å². The topological polar surface area (TPSA) is 38.7 Å². The first-order valence-electron chi connectivity index (χ1n) is 6.06. The van der Waals surface area contributed by atoms with E-state index in [0.29, 0.717) is 0 Å². The third kappa shape index (κ3) is 2.35. The number of aryl methyl sites for hydroxylation is 1. The van der Waals surface area contributed by atoms with Crippen LogP contribution >= 0.6 is 23.1 Å². The van der Waals surface area contributed by atoms with Crippen LogP contribution in [0.15, 0.2) is 34.9 Å². The minimum atomic E-state index is 0.865. The molecule has 0 radical (unpaired) electrons. The van der Waals surface area contributed by atoms with E-state index in [1.165, 1.54) is 11.1 Å². The van der Waals surface area contributed by atoms with Crippen molar-refractivity contribution in [3.05, 3.63) is 36.3 Å². The summed E-state index contributed by atoms with van der Waals surface area (Å²) in [6, 6.07) is 6.25. The summed E-state index contributed by atoms with van der Waals surface area (Å²) in [7, 11) is 0. The molecule has 3 aromatic rings. The number of hydrogen-bond acceptors (Lipinski definition) is 5. The molecular weight excluding hydrogens is 274 g/mol. The second kappa shape index (κ2) is 5.27. The fraction of sp³-hybridized carbons (Fsp3) is 0.214. The van der Waals surface area contributed by atoms with Crippen LogP contribution in [-0.4, -0.2) is 21.2 Å². The quantitative estimate of drug-likeness (QED) is 0.682. The van der Waals surface area contributed by atoms with Gasteiger partial charge in [-0.2, -0.15) is 0 Å². The Labute approximate surface area is 120 Å². The third-order valence-corrected chi connectivity index (χ3v) is 4.92. The van der Waals surface area contributed by atoms with Crippen molar-refractivity contribution in [3.8, 4) is 11.1 Å².